The van der Waals surface area contributed by atoms with E-state index in [1.807, 2.05) is 0 Å². The van der Waals surface area contributed by atoms with E-state index in [0.717, 1.165) is 11.5 Å². The van der Waals surface area contributed by atoms with Gasteiger partial charge in [-0.2, -0.15) is 0 Å². The second-order valence-electron chi connectivity index (χ2n) is 3.52. The van der Waals surface area contributed by atoms with E-state index in [9.17, 15) is 4.79 Å². The molecule has 19 heavy (non-hydrogen) atoms. The fourth-order valence-corrected chi connectivity index (χ4v) is 2.20. The van der Waals surface area contributed by atoms with Gasteiger partial charge in [-0.15, -0.1) is 0 Å². The van der Waals surface area contributed by atoms with Crippen LogP contribution in [0.5, 0.6) is 11.5 Å². The first kappa shape index (κ1) is 13.6. The molecule has 0 aliphatic carbocycles. The lowest BCUT2D eigenvalue weighted by molar-refractivity contribution is 0.103. The SMILES string of the molecule is COc1cc(NC(=O)c2ccns2)c(OC)cc1Cl. The summed E-state index contributed by atoms with van der Waals surface area (Å²) in [6.07, 6.45) is 1.57. The van der Waals surface area contributed by atoms with Gasteiger partial charge in [0.05, 0.1) is 24.9 Å². The normalized spacial score (nSPS) is 10.1. The Morgan fingerprint density at radius 2 is 2.05 bits per heavy atom. The largest absolute Gasteiger partial charge is 0.495 e. The fraction of sp³-hybridized carbons (Fsp3) is 0.167. The van der Waals surface area contributed by atoms with Gasteiger partial charge >= 0.3 is 0 Å². The molecule has 7 heteroatoms. The number of ether oxygens (including phenoxy) is 2. The number of halogens is 1. The topological polar surface area (TPSA) is 60.5 Å². The molecular formula is C12H11ClN2O3S. The van der Waals surface area contributed by atoms with Crippen molar-refractivity contribution in [2.75, 3.05) is 19.5 Å². The van der Waals surface area contributed by atoms with Gasteiger partial charge < -0.3 is 14.8 Å². The highest BCUT2D eigenvalue weighted by molar-refractivity contribution is 7.08. The van der Waals surface area contributed by atoms with E-state index in [4.69, 9.17) is 21.1 Å². The third-order valence-corrected chi connectivity index (χ3v) is 3.42. The predicted octanol–water partition coefficient (Wildman–Crippen LogP) is 3.07. The third-order valence-electron chi connectivity index (χ3n) is 2.38. The first-order valence-corrected chi connectivity index (χ1v) is 6.44. The minimum atomic E-state index is -0.259. The molecule has 0 spiro atoms. The van der Waals surface area contributed by atoms with Crippen LogP contribution in [-0.2, 0) is 0 Å². The predicted molar refractivity (Wildman–Crippen MR) is 74.6 cm³/mol. The van der Waals surface area contributed by atoms with Gasteiger partial charge in [-0.1, -0.05) is 11.6 Å². The Bertz CT molecular complexity index is 587. The van der Waals surface area contributed by atoms with E-state index in [1.54, 1.807) is 24.4 Å². The summed E-state index contributed by atoms with van der Waals surface area (Å²) >= 11 is 7.11. The molecule has 2 aromatic rings. The Balaban J connectivity index is 2.31. The van der Waals surface area contributed by atoms with Crippen LogP contribution >= 0.6 is 23.1 Å². The number of carbonyl (C=O) groups excluding carboxylic acids is 1. The average molecular weight is 299 g/mol. The van der Waals surface area contributed by atoms with E-state index in [0.29, 0.717) is 27.1 Å². The summed E-state index contributed by atoms with van der Waals surface area (Å²) in [5.41, 5.74) is 0.488. The van der Waals surface area contributed by atoms with Crippen molar-refractivity contribution < 1.29 is 14.3 Å². The summed E-state index contributed by atoms with van der Waals surface area (Å²) in [5, 5.41) is 3.15. The van der Waals surface area contributed by atoms with Gasteiger partial charge in [-0.25, -0.2) is 4.37 Å². The van der Waals surface area contributed by atoms with E-state index >= 15 is 0 Å². The highest BCUT2D eigenvalue weighted by atomic mass is 35.5. The van der Waals surface area contributed by atoms with Gasteiger partial charge in [0.1, 0.15) is 16.4 Å². The number of rotatable bonds is 4. The maximum Gasteiger partial charge on any atom is 0.267 e. The van der Waals surface area contributed by atoms with Crippen molar-refractivity contribution in [2.24, 2.45) is 0 Å². The van der Waals surface area contributed by atoms with Crippen molar-refractivity contribution in [3.63, 3.8) is 0 Å². The maximum atomic E-state index is 12.0. The maximum absolute atomic E-state index is 12.0. The van der Waals surface area contributed by atoms with Gasteiger partial charge in [-0.05, 0) is 17.6 Å². The molecule has 1 aromatic heterocycles. The molecule has 0 aliphatic rings. The Morgan fingerprint density at radius 3 is 2.63 bits per heavy atom. The van der Waals surface area contributed by atoms with Crippen molar-refractivity contribution in [1.29, 1.82) is 0 Å². The summed E-state index contributed by atoms with van der Waals surface area (Å²) in [6.45, 7) is 0. The van der Waals surface area contributed by atoms with Crippen LogP contribution in [-0.4, -0.2) is 24.5 Å². The minimum absolute atomic E-state index is 0.259. The summed E-state index contributed by atoms with van der Waals surface area (Å²) in [4.78, 5) is 12.5. The van der Waals surface area contributed by atoms with E-state index in [-0.39, 0.29) is 5.91 Å². The van der Waals surface area contributed by atoms with Crippen molar-refractivity contribution in [3.8, 4) is 11.5 Å². The van der Waals surface area contributed by atoms with Gasteiger partial charge in [-0.3, -0.25) is 4.79 Å². The summed E-state index contributed by atoms with van der Waals surface area (Å²) in [5.74, 6) is 0.663. The molecule has 1 heterocycles. The number of hydrogen-bond donors (Lipinski definition) is 1. The first-order valence-electron chi connectivity index (χ1n) is 5.29. The minimum Gasteiger partial charge on any atom is -0.495 e. The Labute approximate surface area is 119 Å². The number of aromatic nitrogens is 1. The molecule has 0 saturated carbocycles. The Kier molecular flexibility index (Phi) is 4.24. The molecule has 100 valence electrons. The van der Waals surface area contributed by atoms with Crippen LogP contribution in [0.3, 0.4) is 0 Å². The van der Waals surface area contributed by atoms with Crippen LogP contribution in [0.4, 0.5) is 5.69 Å². The average Bonchev–Trinajstić information content (AvgIpc) is 2.94. The number of nitrogens with one attached hydrogen (secondary N) is 1. The molecule has 5 nitrogen and oxygen atoms in total. The molecular weight excluding hydrogens is 288 g/mol. The zero-order valence-corrected chi connectivity index (χ0v) is 11.8. The lowest BCUT2D eigenvalue weighted by Crippen LogP contribution is -2.11. The molecule has 1 amide bonds. The van der Waals surface area contributed by atoms with Crippen molar-refractivity contribution in [1.82, 2.24) is 4.37 Å². The quantitative estimate of drug-likeness (QED) is 0.942. The molecule has 2 rings (SSSR count). The Hall–Kier alpha value is -1.79. The fourth-order valence-electron chi connectivity index (χ4n) is 1.47. The molecule has 0 unspecified atom stereocenters. The van der Waals surface area contributed by atoms with Gasteiger partial charge in [0, 0.05) is 18.3 Å². The lowest BCUT2D eigenvalue weighted by atomic mass is 10.2. The molecule has 0 fully saturated rings. The number of methoxy groups -OCH3 is 2. The second kappa shape index (κ2) is 5.90. The first-order chi connectivity index (χ1) is 9.15. The highest BCUT2D eigenvalue weighted by Crippen LogP contribution is 2.36. The molecule has 1 N–H and O–H groups in total. The molecule has 0 saturated heterocycles. The third kappa shape index (κ3) is 2.97. The number of anilines is 1. The monoisotopic (exact) mass is 298 g/mol. The van der Waals surface area contributed by atoms with Crippen LogP contribution in [0.15, 0.2) is 24.4 Å². The molecule has 0 bridgehead atoms. The molecule has 0 radical (unpaired) electrons. The van der Waals surface area contributed by atoms with E-state index in [1.165, 1.54) is 14.2 Å². The number of carbonyl (C=O) groups is 1. The van der Waals surface area contributed by atoms with Gasteiger partial charge in [0.25, 0.3) is 5.91 Å². The zero-order valence-electron chi connectivity index (χ0n) is 10.3. The summed E-state index contributed by atoms with van der Waals surface area (Å²) in [7, 11) is 3.00. The molecule has 0 atom stereocenters. The van der Waals surface area contributed by atoms with Crippen molar-refractivity contribution in [2.45, 2.75) is 0 Å². The zero-order chi connectivity index (χ0) is 13.8. The van der Waals surface area contributed by atoms with Crippen molar-refractivity contribution >= 4 is 34.7 Å². The van der Waals surface area contributed by atoms with Crippen LogP contribution in [0.2, 0.25) is 5.02 Å². The standard InChI is InChI=1S/C12H11ClN2O3S/c1-17-9-6-8(10(18-2)5-7(9)13)15-12(16)11-3-4-14-19-11/h3-6H,1-2H3,(H,15,16). The smallest absolute Gasteiger partial charge is 0.267 e. The number of nitrogens with zero attached hydrogens (tertiary/aromatic N) is 1. The van der Waals surface area contributed by atoms with Crippen LogP contribution in [0.1, 0.15) is 9.67 Å². The molecule has 0 aliphatic heterocycles. The summed E-state index contributed by atoms with van der Waals surface area (Å²) < 4.78 is 14.2. The number of hydrogen-bond acceptors (Lipinski definition) is 5. The highest BCUT2D eigenvalue weighted by Gasteiger charge is 2.14. The van der Waals surface area contributed by atoms with Crippen molar-refractivity contribution in [3.05, 3.63) is 34.3 Å². The summed E-state index contributed by atoms with van der Waals surface area (Å²) in [6, 6.07) is 4.84. The van der Waals surface area contributed by atoms with Gasteiger partial charge in [0.2, 0.25) is 0 Å². The molecule has 1 aromatic carbocycles. The van der Waals surface area contributed by atoms with Crippen LogP contribution in [0.25, 0.3) is 0 Å². The Morgan fingerprint density at radius 1 is 1.32 bits per heavy atom. The lowest BCUT2D eigenvalue weighted by Gasteiger charge is -2.12. The van der Waals surface area contributed by atoms with E-state index < -0.39 is 0 Å². The van der Waals surface area contributed by atoms with Crippen LogP contribution < -0.4 is 14.8 Å². The second-order valence-corrected chi connectivity index (χ2v) is 4.76. The van der Waals surface area contributed by atoms with Crippen LogP contribution in [0, 0.1) is 0 Å². The number of amides is 1. The van der Waals surface area contributed by atoms with Gasteiger partial charge in [0.15, 0.2) is 0 Å². The number of benzene rings is 1. The van der Waals surface area contributed by atoms with E-state index in [2.05, 4.69) is 9.69 Å².